The van der Waals surface area contributed by atoms with Gasteiger partial charge in [0.2, 0.25) is 5.91 Å². The summed E-state index contributed by atoms with van der Waals surface area (Å²) in [5, 5.41) is 23.1. The summed E-state index contributed by atoms with van der Waals surface area (Å²) in [7, 11) is 0. The maximum absolute atomic E-state index is 12.4. The highest BCUT2D eigenvalue weighted by Crippen LogP contribution is 2.16. The van der Waals surface area contributed by atoms with E-state index in [2.05, 4.69) is 61.7 Å². The van der Waals surface area contributed by atoms with Crippen LogP contribution in [0.4, 0.5) is 0 Å². The number of rotatable bonds is 52. The summed E-state index contributed by atoms with van der Waals surface area (Å²) < 4.78 is 5.44. The van der Waals surface area contributed by atoms with Crippen LogP contribution in [-0.2, 0) is 14.3 Å². The number of hydrogen-bond acceptors (Lipinski definition) is 5. The van der Waals surface area contributed by atoms with Gasteiger partial charge in [0.1, 0.15) is 0 Å². The Bertz CT molecular complexity index is 1160. The van der Waals surface area contributed by atoms with Gasteiger partial charge in [-0.2, -0.15) is 0 Å². The Kier molecular flexibility index (Phi) is 53.1. The van der Waals surface area contributed by atoms with Gasteiger partial charge < -0.3 is 20.3 Å². The molecule has 0 aromatic carbocycles. The number of amides is 1. The Morgan fingerprint density at radius 2 is 0.788 bits per heavy atom. The summed E-state index contributed by atoms with van der Waals surface area (Å²) in [4.78, 5) is 24.5. The molecular formula is C60H109NO5. The molecule has 384 valence electrons. The number of nitrogens with one attached hydrogen (secondary N) is 1. The second kappa shape index (κ2) is 55.2. The van der Waals surface area contributed by atoms with Crippen molar-refractivity contribution in [3.05, 3.63) is 60.8 Å². The van der Waals surface area contributed by atoms with E-state index in [1.54, 1.807) is 6.08 Å². The Morgan fingerprint density at radius 1 is 0.424 bits per heavy atom. The molecule has 0 aromatic rings. The Labute approximate surface area is 409 Å². The Balaban J connectivity index is 3.59. The van der Waals surface area contributed by atoms with E-state index < -0.39 is 12.1 Å². The van der Waals surface area contributed by atoms with Crippen LogP contribution in [0.1, 0.15) is 284 Å². The molecular weight excluding hydrogens is 815 g/mol. The van der Waals surface area contributed by atoms with Crippen LogP contribution >= 0.6 is 0 Å². The monoisotopic (exact) mass is 924 g/mol. The zero-order valence-corrected chi connectivity index (χ0v) is 43.7. The van der Waals surface area contributed by atoms with Crippen molar-refractivity contribution in [2.45, 2.75) is 296 Å². The van der Waals surface area contributed by atoms with E-state index in [0.29, 0.717) is 25.9 Å². The van der Waals surface area contributed by atoms with E-state index in [0.717, 1.165) is 64.2 Å². The topological polar surface area (TPSA) is 95.9 Å². The zero-order chi connectivity index (χ0) is 47.9. The van der Waals surface area contributed by atoms with Crippen LogP contribution in [-0.4, -0.2) is 47.4 Å². The van der Waals surface area contributed by atoms with Gasteiger partial charge in [-0.15, -0.1) is 0 Å². The lowest BCUT2D eigenvalue weighted by Crippen LogP contribution is -2.45. The molecule has 3 N–H and O–H groups in total. The molecule has 0 saturated carbocycles. The van der Waals surface area contributed by atoms with E-state index >= 15 is 0 Å². The van der Waals surface area contributed by atoms with Crippen molar-refractivity contribution in [1.29, 1.82) is 0 Å². The predicted octanol–water partition coefficient (Wildman–Crippen LogP) is 17.6. The quantitative estimate of drug-likeness (QED) is 0.0321. The maximum atomic E-state index is 12.4. The van der Waals surface area contributed by atoms with E-state index in [1.165, 1.54) is 186 Å². The van der Waals surface area contributed by atoms with Crippen molar-refractivity contribution in [3.8, 4) is 0 Å². The molecule has 0 aliphatic heterocycles. The van der Waals surface area contributed by atoms with Crippen molar-refractivity contribution < 1.29 is 24.5 Å². The molecule has 0 fully saturated rings. The van der Waals surface area contributed by atoms with Gasteiger partial charge in [0, 0.05) is 12.8 Å². The molecule has 6 nitrogen and oxygen atoms in total. The molecule has 0 aromatic heterocycles. The number of esters is 1. The number of unbranched alkanes of at least 4 members (excludes halogenated alkanes) is 33. The van der Waals surface area contributed by atoms with Crippen molar-refractivity contribution in [3.63, 3.8) is 0 Å². The molecule has 0 rings (SSSR count). The summed E-state index contributed by atoms with van der Waals surface area (Å²) in [6.07, 6.45) is 71.1. The lowest BCUT2D eigenvalue weighted by atomic mass is 10.0. The average molecular weight is 925 g/mol. The van der Waals surface area contributed by atoms with Crippen LogP contribution < -0.4 is 5.32 Å². The van der Waals surface area contributed by atoms with Crippen LogP contribution in [0.2, 0.25) is 0 Å². The molecule has 2 unspecified atom stereocenters. The van der Waals surface area contributed by atoms with Gasteiger partial charge in [-0.25, -0.2) is 0 Å². The first-order valence-electron chi connectivity index (χ1n) is 28.6. The van der Waals surface area contributed by atoms with Crippen molar-refractivity contribution >= 4 is 11.9 Å². The molecule has 0 bridgehead atoms. The number of aliphatic hydroxyl groups is 2. The smallest absolute Gasteiger partial charge is 0.305 e. The fourth-order valence-corrected chi connectivity index (χ4v) is 8.35. The van der Waals surface area contributed by atoms with Crippen molar-refractivity contribution in [2.24, 2.45) is 0 Å². The number of carbonyl (C=O) groups is 2. The second-order valence-corrected chi connectivity index (χ2v) is 19.3. The number of hydrogen-bond donors (Lipinski definition) is 3. The number of ether oxygens (including phenoxy) is 1. The van der Waals surface area contributed by atoms with Crippen LogP contribution in [0, 0.1) is 0 Å². The Morgan fingerprint density at radius 3 is 1.23 bits per heavy atom. The molecule has 0 heterocycles. The lowest BCUT2D eigenvalue weighted by molar-refractivity contribution is -0.143. The lowest BCUT2D eigenvalue weighted by Gasteiger charge is -2.19. The minimum Gasteiger partial charge on any atom is -0.466 e. The average Bonchev–Trinajstić information content (AvgIpc) is 3.32. The minimum absolute atomic E-state index is 0.0336. The highest BCUT2D eigenvalue weighted by atomic mass is 16.5. The van der Waals surface area contributed by atoms with Crippen LogP contribution in [0.5, 0.6) is 0 Å². The first-order chi connectivity index (χ1) is 32.5. The summed E-state index contributed by atoms with van der Waals surface area (Å²) in [5.41, 5.74) is 0. The highest BCUT2D eigenvalue weighted by Gasteiger charge is 2.17. The normalized spacial score (nSPS) is 13.1. The van der Waals surface area contributed by atoms with Gasteiger partial charge in [0.15, 0.2) is 0 Å². The van der Waals surface area contributed by atoms with E-state index in [-0.39, 0.29) is 18.5 Å². The molecule has 0 aliphatic rings. The fourth-order valence-electron chi connectivity index (χ4n) is 8.35. The highest BCUT2D eigenvalue weighted by molar-refractivity contribution is 5.76. The summed E-state index contributed by atoms with van der Waals surface area (Å²) >= 11 is 0. The van der Waals surface area contributed by atoms with Gasteiger partial charge >= 0.3 is 5.97 Å². The standard InChI is InChI=1S/C60H109NO5/c1-3-5-7-9-11-13-15-17-19-20-21-22-23-24-25-26-28-32-36-40-44-48-52-58(63)57(56-62)61-59(64)53-49-45-41-37-33-29-27-31-35-39-43-47-51-55-66-60(65)54-50-46-42-38-34-30-18-16-14-12-10-8-6-4-2/h10,12,16,18,29,33,41,45,48,52,57-58,62-63H,3-9,11,13-15,17,19-28,30-32,34-40,42-44,46-47,49-51,53-56H2,1-2H3,(H,61,64)/b12-10-,18-16-,33-29-,45-41-,52-48+. The number of aliphatic hydroxyl groups excluding tert-OH is 2. The predicted molar refractivity (Wildman–Crippen MR) is 287 cm³/mol. The molecule has 2 atom stereocenters. The van der Waals surface area contributed by atoms with Gasteiger partial charge in [-0.3, -0.25) is 9.59 Å². The van der Waals surface area contributed by atoms with Crippen molar-refractivity contribution in [1.82, 2.24) is 5.32 Å². The van der Waals surface area contributed by atoms with Crippen LogP contribution in [0.25, 0.3) is 0 Å². The largest absolute Gasteiger partial charge is 0.466 e. The number of carbonyl (C=O) groups excluding carboxylic acids is 2. The molecule has 1 amide bonds. The molecule has 0 saturated heterocycles. The maximum Gasteiger partial charge on any atom is 0.305 e. The second-order valence-electron chi connectivity index (χ2n) is 19.3. The van der Waals surface area contributed by atoms with Gasteiger partial charge in [-0.1, -0.05) is 254 Å². The molecule has 0 aliphatic carbocycles. The molecule has 6 heteroatoms. The number of allylic oxidation sites excluding steroid dienone is 9. The first kappa shape index (κ1) is 63.6. The third kappa shape index (κ3) is 51.0. The van der Waals surface area contributed by atoms with E-state index in [1.807, 2.05) is 12.2 Å². The van der Waals surface area contributed by atoms with E-state index in [4.69, 9.17) is 4.74 Å². The third-order valence-electron chi connectivity index (χ3n) is 12.8. The van der Waals surface area contributed by atoms with Crippen LogP contribution in [0.15, 0.2) is 60.8 Å². The van der Waals surface area contributed by atoms with Crippen molar-refractivity contribution in [2.75, 3.05) is 13.2 Å². The SMILES string of the molecule is CCCC/C=C\C/C=C\CCCCCCCC(=O)OCCCCCCCC/C=C\C/C=C\CCC(=O)NC(CO)C(O)/C=C/CCCCCCCCCCCCCCCCCCCCCC. The van der Waals surface area contributed by atoms with Gasteiger partial charge in [0.05, 0.1) is 25.4 Å². The summed E-state index contributed by atoms with van der Waals surface area (Å²) in [6.45, 7) is 4.79. The van der Waals surface area contributed by atoms with Gasteiger partial charge in [0.25, 0.3) is 0 Å². The third-order valence-corrected chi connectivity index (χ3v) is 12.8. The summed E-state index contributed by atoms with van der Waals surface area (Å²) in [5.74, 6) is -0.182. The zero-order valence-electron chi connectivity index (χ0n) is 43.7. The Hall–Kier alpha value is -2.44. The van der Waals surface area contributed by atoms with Crippen LogP contribution in [0.3, 0.4) is 0 Å². The molecule has 66 heavy (non-hydrogen) atoms. The molecule has 0 radical (unpaired) electrons. The first-order valence-corrected chi connectivity index (χ1v) is 28.6. The van der Waals surface area contributed by atoms with Gasteiger partial charge in [-0.05, 0) is 77.0 Å². The fraction of sp³-hybridized carbons (Fsp3) is 0.800. The summed E-state index contributed by atoms with van der Waals surface area (Å²) in [6, 6.07) is -0.675. The minimum atomic E-state index is -0.882. The molecule has 0 spiro atoms. The van der Waals surface area contributed by atoms with E-state index in [9.17, 15) is 19.8 Å².